The summed E-state index contributed by atoms with van der Waals surface area (Å²) >= 11 is 0. The average molecular weight is 391 g/mol. The molecule has 28 heavy (non-hydrogen) atoms. The molecule has 3 fully saturated rings. The second kappa shape index (κ2) is 6.82. The Hall–Kier alpha value is -2.52. The van der Waals surface area contributed by atoms with Crippen LogP contribution < -0.4 is 10.1 Å². The highest BCUT2D eigenvalue weighted by atomic mass is 19.1. The number of hydrogen-bond donors (Lipinski definition) is 3. The van der Waals surface area contributed by atoms with Crippen LogP contribution in [0.2, 0.25) is 0 Å². The van der Waals surface area contributed by atoms with Crippen molar-refractivity contribution in [3.05, 3.63) is 29.7 Å². The first-order chi connectivity index (χ1) is 13.4. The van der Waals surface area contributed by atoms with Crippen LogP contribution in [0.15, 0.2) is 18.3 Å². The lowest BCUT2D eigenvalue weighted by Gasteiger charge is -2.54. The molecule has 2 aliphatic heterocycles. The monoisotopic (exact) mass is 391 g/mol. The van der Waals surface area contributed by atoms with E-state index in [1.165, 1.54) is 7.11 Å². The van der Waals surface area contributed by atoms with Crippen molar-refractivity contribution in [2.75, 3.05) is 13.7 Å². The molecule has 2 aromatic heterocycles. The van der Waals surface area contributed by atoms with Gasteiger partial charge in [0.05, 0.1) is 48.2 Å². The number of amides is 1. The van der Waals surface area contributed by atoms with Crippen molar-refractivity contribution < 1.29 is 28.9 Å². The van der Waals surface area contributed by atoms with E-state index in [0.29, 0.717) is 42.6 Å². The Bertz CT molecular complexity index is 897. The minimum absolute atomic E-state index is 0.0182. The molecular formula is C19H22FN3O5. The molecule has 9 heteroatoms. The molecule has 3 N–H and O–H groups in total. The largest absolute Gasteiger partial charge is 0.481 e. The lowest BCUT2D eigenvalue weighted by atomic mass is 9.68. The second-order valence-electron chi connectivity index (χ2n) is 7.59. The molecule has 2 saturated heterocycles. The van der Waals surface area contributed by atoms with Crippen molar-refractivity contribution in [3.8, 4) is 5.88 Å². The number of aromatic nitrogens is 2. The van der Waals surface area contributed by atoms with E-state index in [4.69, 9.17) is 14.6 Å². The summed E-state index contributed by atoms with van der Waals surface area (Å²) in [6.45, 7) is 0.196. The number of halogens is 1. The number of aliphatic hydroxyl groups excluding tert-OH is 1. The van der Waals surface area contributed by atoms with E-state index in [1.807, 2.05) is 0 Å². The summed E-state index contributed by atoms with van der Waals surface area (Å²) in [5, 5.41) is 22.6. The molecule has 2 aromatic rings. The van der Waals surface area contributed by atoms with Crippen molar-refractivity contribution in [1.29, 1.82) is 0 Å². The molecule has 0 radical (unpaired) electrons. The molecule has 3 aliphatic rings. The van der Waals surface area contributed by atoms with Gasteiger partial charge in [-0.05, 0) is 31.7 Å². The van der Waals surface area contributed by atoms with Gasteiger partial charge in [0.25, 0.3) is 0 Å². The lowest BCUT2D eigenvalue weighted by Crippen LogP contribution is -2.65. The Morgan fingerprint density at radius 1 is 1.39 bits per heavy atom. The molecule has 1 unspecified atom stereocenters. The number of aliphatic hydroxyl groups is 1. The van der Waals surface area contributed by atoms with Gasteiger partial charge in [0, 0.05) is 18.1 Å². The van der Waals surface area contributed by atoms with Crippen molar-refractivity contribution in [1.82, 2.24) is 15.3 Å². The van der Waals surface area contributed by atoms with Gasteiger partial charge in [0.15, 0.2) is 0 Å². The topological polar surface area (TPSA) is 114 Å². The number of nitrogens with one attached hydrogen (secondary N) is 1. The molecule has 8 nitrogen and oxygen atoms in total. The third-order valence-electron chi connectivity index (χ3n) is 6.01. The molecule has 5 rings (SSSR count). The molecule has 150 valence electrons. The summed E-state index contributed by atoms with van der Waals surface area (Å²) in [5.74, 6) is -0.206. The summed E-state index contributed by atoms with van der Waals surface area (Å²) in [6.07, 6.45) is 1.24. The third-order valence-corrected chi connectivity index (χ3v) is 6.01. The minimum Gasteiger partial charge on any atom is -0.481 e. The van der Waals surface area contributed by atoms with E-state index in [0.717, 1.165) is 6.20 Å². The van der Waals surface area contributed by atoms with Gasteiger partial charge in [-0.1, -0.05) is 0 Å². The van der Waals surface area contributed by atoms with E-state index in [9.17, 15) is 14.3 Å². The van der Waals surface area contributed by atoms with Crippen LogP contribution in [0.5, 0.6) is 5.88 Å². The molecule has 1 aliphatic carbocycles. The number of pyridine rings is 2. The number of nitrogens with zero attached hydrogens (tertiary/aromatic N) is 2. The van der Waals surface area contributed by atoms with Crippen LogP contribution in [0.1, 0.15) is 31.2 Å². The third kappa shape index (κ3) is 3.14. The predicted molar refractivity (Wildman–Crippen MR) is 96.8 cm³/mol. The first-order valence-corrected chi connectivity index (χ1v) is 9.18. The Labute approximate surface area is 160 Å². The van der Waals surface area contributed by atoms with Crippen molar-refractivity contribution in [2.24, 2.45) is 0 Å². The number of methoxy groups -OCH3 is 1. The van der Waals surface area contributed by atoms with Gasteiger partial charge in [-0.25, -0.2) is 14.2 Å². The summed E-state index contributed by atoms with van der Waals surface area (Å²) in [5.41, 5.74) is -0.289. The fraction of sp³-hybridized carbons (Fsp3) is 0.526. The number of ether oxygens (including phenoxy) is 2. The number of carbonyl (C=O) groups is 1. The highest BCUT2D eigenvalue weighted by molar-refractivity contribution is 5.78. The second-order valence-corrected chi connectivity index (χ2v) is 7.59. The summed E-state index contributed by atoms with van der Waals surface area (Å²) in [4.78, 5) is 19.4. The number of hydrogen-bond acceptors (Lipinski definition) is 6. The van der Waals surface area contributed by atoms with Gasteiger partial charge < -0.3 is 25.0 Å². The van der Waals surface area contributed by atoms with Crippen LogP contribution in [0.3, 0.4) is 0 Å². The van der Waals surface area contributed by atoms with Crippen LogP contribution in [0, 0.1) is 5.82 Å². The lowest BCUT2D eigenvalue weighted by molar-refractivity contribution is -0.206. The Morgan fingerprint density at radius 3 is 2.75 bits per heavy atom. The summed E-state index contributed by atoms with van der Waals surface area (Å²) < 4.78 is 25.6. The molecule has 1 atom stereocenters. The van der Waals surface area contributed by atoms with Crippen LogP contribution in [-0.2, 0) is 11.2 Å². The van der Waals surface area contributed by atoms with Gasteiger partial charge in [0.1, 0.15) is 5.82 Å². The maximum Gasteiger partial charge on any atom is 0.405 e. The fourth-order valence-corrected chi connectivity index (χ4v) is 4.30. The van der Waals surface area contributed by atoms with Crippen LogP contribution >= 0.6 is 0 Å². The SMILES string of the molecule is COc1ccc2ncc(F)c(CC(O)C34CCC(NC(=O)O)(CC3)CO4)c2n1. The average Bonchev–Trinajstić information content (AvgIpc) is 2.70. The number of carboxylic acid groups (broad SMARTS) is 1. The van der Waals surface area contributed by atoms with Gasteiger partial charge in [-0.2, -0.15) is 0 Å². The predicted octanol–water partition coefficient (Wildman–Crippen LogP) is 2.03. The van der Waals surface area contributed by atoms with Crippen LogP contribution in [-0.4, -0.2) is 57.2 Å². The minimum atomic E-state index is -1.08. The zero-order chi connectivity index (χ0) is 19.9. The number of rotatable bonds is 5. The van der Waals surface area contributed by atoms with Crippen LogP contribution in [0.4, 0.5) is 9.18 Å². The van der Waals surface area contributed by atoms with Crippen molar-refractivity contribution >= 4 is 17.1 Å². The Morgan fingerprint density at radius 2 is 2.14 bits per heavy atom. The molecule has 0 spiro atoms. The summed E-state index contributed by atoms with van der Waals surface area (Å²) in [6, 6.07) is 3.34. The highest BCUT2D eigenvalue weighted by Gasteiger charge is 2.53. The van der Waals surface area contributed by atoms with Gasteiger partial charge in [-0.3, -0.25) is 4.98 Å². The van der Waals surface area contributed by atoms with Gasteiger partial charge >= 0.3 is 6.09 Å². The fourth-order valence-electron chi connectivity index (χ4n) is 4.30. The highest BCUT2D eigenvalue weighted by Crippen LogP contribution is 2.46. The Balaban J connectivity index is 1.59. The van der Waals surface area contributed by atoms with E-state index in [-0.39, 0.29) is 18.6 Å². The van der Waals surface area contributed by atoms with E-state index in [2.05, 4.69) is 15.3 Å². The van der Waals surface area contributed by atoms with Crippen molar-refractivity contribution in [2.45, 2.75) is 49.3 Å². The Kier molecular flexibility index (Phi) is 4.59. The molecule has 1 saturated carbocycles. The van der Waals surface area contributed by atoms with Crippen molar-refractivity contribution in [3.63, 3.8) is 0 Å². The standard InChI is InChI=1S/C19H22FN3O5/c1-27-15-3-2-13-16(22-15)11(12(20)9-21-13)8-14(24)19-6-4-18(5-7-19,10-28-19)23-17(25)26/h2-3,9,14,23-24H,4-8,10H2,1H3,(H,25,26). The van der Waals surface area contributed by atoms with E-state index < -0.39 is 29.2 Å². The first kappa shape index (κ1) is 18.8. The zero-order valence-electron chi connectivity index (χ0n) is 15.4. The van der Waals surface area contributed by atoms with Gasteiger partial charge in [-0.15, -0.1) is 0 Å². The molecular weight excluding hydrogens is 369 g/mol. The maximum atomic E-state index is 14.6. The normalized spacial score (nSPS) is 27.5. The summed E-state index contributed by atoms with van der Waals surface area (Å²) in [7, 11) is 1.48. The molecule has 4 heterocycles. The first-order valence-electron chi connectivity index (χ1n) is 9.18. The molecule has 1 amide bonds. The molecule has 0 aromatic carbocycles. The zero-order valence-corrected chi connectivity index (χ0v) is 15.4. The van der Waals surface area contributed by atoms with E-state index in [1.54, 1.807) is 12.1 Å². The molecule has 2 bridgehead atoms. The maximum absolute atomic E-state index is 14.6. The number of fused-ring (bicyclic) bond motifs is 4. The quantitative estimate of drug-likeness (QED) is 0.715. The van der Waals surface area contributed by atoms with Gasteiger partial charge in [0.2, 0.25) is 5.88 Å². The van der Waals surface area contributed by atoms with E-state index >= 15 is 0 Å². The van der Waals surface area contributed by atoms with Crippen LogP contribution in [0.25, 0.3) is 11.0 Å². The smallest absolute Gasteiger partial charge is 0.405 e.